The molecule has 0 aromatic carbocycles. The Kier molecular flexibility index (Phi) is 3.31. The predicted octanol–water partition coefficient (Wildman–Crippen LogP) is 1.59. The average molecular weight is 187 g/mol. The summed E-state index contributed by atoms with van der Waals surface area (Å²) in [6.45, 7) is 2.92. The first-order valence-corrected chi connectivity index (χ1v) is 4.13. The number of pyridine rings is 1. The van der Waals surface area contributed by atoms with Crippen LogP contribution < -0.4 is 10.5 Å². The lowest BCUT2D eigenvalue weighted by atomic mass is 10.3. The molecule has 0 amide bonds. The van der Waals surface area contributed by atoms with Crippen LogP contribution in [0, 0.1) is 0 Å². The molecular formula is C8H11ClN2O. The van der Waals surface area contributed by atoms with Crippen molar-refractivity contribution in [2.24, 2.45) is 5.73 Å². The number of hydrogen-bond donors (Lipinski definition) is 1. The Morgan fingerprint density at radius 2 is 2.33 bits per heavy atom. The standard InChI is InChI=1S/C8H11ClN2O/c1-2-12-8-4-6(5-10)3-7(9)11-8/h3-4H,2,5,10H2,1H3. The summed E-state index contributed by atoms with van der Waals surface area (Å²) in [6, 6.07) is 3.51. The highest BCUT2D eigenvalue weighted by Gasteiger charge is 1.99. The summed E-state index contributed by atoms with van der Waals surface area (Å²) in [7, 11) is 0. The largest absolute Gasteiger partial charge is 0.478 e. The first-order chi connectivity index (χ1) is 5.76. The highest BCUT2D eigenvalue weighted by Crippen LogP contribution is 2.15. The number of hydrogen-bond acceptors (Lipinski definition) is 3. The van der Waals surface area contributed by atoms with Crippen molar-refractivity contribution in [3.8, 4) is 5.88 Å². The topological polar surface area (TPSA) is 48.1 Å². The summed E-state index contributed by atoms with van der Waals surface area (Å²) in [5, 5.41) is 0.418. The summed E-state index contributed by atoms with van der Waals surface area (Å²) >= 11 is 5.72. The normalized spacial score (nSPS) is 9.92. The molecule has 12 heavy (non-hydrogen) atoms. The van der Waals surface area contributed by atoms with Crippen LogP contribution in [0.3, 0.4) is 0 Å². The second-order valence-electron chi connectivity index (χ2n) is 2.27. The van der Waals surface area contributed by atoms with Gasteiger partial charge < -0.3 is 10.5 Å². The molecule has 1 aromatic rings. The number of halogens is 1. The van der Waals surface area contributed by atoms with E-state index in [1.807, 2.05) is 6.92 Å². The summed E-state index contributed by atoms with van der Waals surface area (Å²) < 4.78 is 5.18. The summed E-state index contributed by atoms with van der Waals surface area (Å²) in [5.74, 6) is 0.533. The van der Waals surface area contributed by atoms with Crippen molar-refractivity contribution in [2.45, 2.75) is 13.5 Å². The van der Waals surface area contributed by atoms with E-state index in [-0.39, 0.29) is 0 Å². The molecular weight excluding hydrogens is 176 g/mol. The van der Waals surface area contributed by atoms with Gasteiger partial charge in [0.1, 0.15) is 5.15 Å². The third-order valence-electron chi connectivity index (χ3n) is 1.36. The molecule has 0 unspecified atom stereocenters. The van der Waals surface area contributed by atoms with E-state index in [1.165, 1.54) is 0 Å². The molecule has 1 aromatic heterocycles. The molecule has 0 aliphatic heterocycles. The third kappa shape index (κ3) is 2.36. The highest BCUT2D eigenvalue weighted by molar-refractivity contribution is 6.29. The lowest BCUT2D eigenvalue weighted by molar-refractivity contribution is 0.326. The van der Waals surface area contributed by atoms with Crippen molar-refractivity contribution < 1.29 is 4.74 Å². The van der Waals surface area contributed by atoms with Crippen LogP contribution in [0.15, 0.2) is 12.1 Å². The molecule has 0 saturated carbocycles. The van der Waals surface area contributed by atoms with Crippen molar-refractivity contribution in [3.63, 3.8) is 0 Å². The fraction of sp³-hybridized carbons (Fsp3) is 0.375. The van der Waals surface area contributed by atoms with Crippen LogP contribution in [0.1, 0.15) is 12.5 Å². The molecule has 0 saturated heterocycles. The van der Waals surface area contributed by atoms with Gasteiger partial charge in [-0.05, 0) is 18.6 Å². The van der Waals surface area contributed by atoms with Crippen LogP contribution in [-0.4, -0.2) is 11.6 Å². The van der Waals surface area contributed by atoms with Gasteiger partial charge in [-0.3, -0.25) is 0 Å². The zero-order valence-electron chi connectivity index (χ0n) is 6.88. The fourth-order valence-corrected chi connectivity index (χ4v) is 1.09. The van der Waals surface area contributed by atoms with Gasteiger partial charge in [-0.15, -0.1) is 0 Å². The molecule has 1 rings (SSSR count). The van der Waals surface area contributed by atoms with E-state index in [9.17, 15) is 0 Å². The van der Waals surface area contributed by atoms with Crippen LogP contribution in [0.4, 0.5) is 0 Å². The van der Waals surface area contributed by atoms with Crippen LogP contribution in [-0.2, 0) is 6.54 Å². The molecule has 0 fully saturated rings. The van der Waals surface area contributed by atoms with Crippen molar-refractivity contribution in [3.05, 3.63) is 22.8 Å². The Morgan fingerprint density at radius 3 is 2.92 bits per heavy atom. The maximum absolute atomic E-state index is 5.72. The van der Waals surface area contributed by atoms with Gasteiger partial charge in [0.2, 0.25) is 5.88 Å². The van der Waals surface area contributed by atoms with Crippen molar-refractivity contribution in [2.75, 3.05) is 6.61 Å². The van der Waals surface area contributed by atoms with Gasteiger partial charge in [0.15, 0.2) is 0 Å². The number of nitrogens with two attached hydrogens (primary N) is 1. The molecule has 1 heterocycles. The monoisotopic (exact) mass is 186 g/mol. The maximum Gasteiger partial charge on any atom is 0.214 e. The quantitative estimate of drug-likeness (QED) is 0.730. The zero-order valence-corrected chi connectivity index (χ0v) is 7.64. The molecule has 0 atom stereocenters. The second-order valence-corrected chi connectivity index (χ2v) is 2.66. The molecule has 0 spiro atoms. The number of nitrogens with zero attached hydrogens (tertiary/aromatic N) is 1. The van der Waals surface area contributed by atoms with Gasteiger partial charge in [0.25, 0.3) is 0 Å². The summed E-state index contributed by atoms with van der Waals surface area (Å²) in [4.78, 5) is 3.96. The minimum Gasteiger partial charge on any atom is -0.478 e. The molecule has 0 bridgehead atoms. The van der Waals surface area contributed by atoms with E-state index in [0.29, 0.717) is 24.2 Å². The molecule has 0 aliphatic carbocycles. The molecule has 0 aliphatic rings. The Morgan fingerprint density at radius 1 is 1.58 bits per heavy atom. The Hall–Kier alpha value is -0.800. The third-order valence-corrected chi connectivity index (χ3v) is 1.55. The van der Waals surface area contributed by atoms with Crippen molar-refractivity contribution >= 4 is 11.6 Å². The van der Waals surface area contributed by atoms with E-state index in [0.717, 1.165) is 5.56 Å². The van der Waals surface area contributed by atoms with Crippen LogP contribution in [0.25, 0.3) is 0 Å². The lowest BCUT2D eigenvalue weighted by Crippen LogP contribution is -2.00. The van der Waals surface area contributed by atoms with Crippen LogP contribution in [0.5, 0.6) is 5.88 Å². The van der Waals surface area contributed by atoms with Gasteiger partial charge in [0.05, 0.1) is 6.61 Å². The molecule has 66 valence electrons. The van der Waals surface area contributed by atoms with Crippen LogP contribution in [0.2, 0.25) is 5.15 Å². The summed E-state index contributed by atoms with van der Waals surface area (Å²) in [6.07, 6.45) is 0. The number of aromatic nitrogens is 1. The van der Waals surface area contributed by atoms with E-state index in [1.54, 1.807) is 12.1 Å². The Balaban J connectivity index is 2.90. The van der Waals surface area contributed by atoms with E-state index < -0.39 is 0 Å². The smallest absolute Gasteiger partial charge is 0.214 e. The molecule has 3 nitrogen and oxygen atoms in total. The average Bonchev–Trinajstić information content (AvgIpc) is 2.04. The van der Waals surface area contributed by atoms with E-state index in [4.69, 9.17) is 22.1 Å². The highest BCUT2D eigenvalue weighted by atomic mass is 35.5. The number of ether oxygens (including phenoxy) is 1. The molecule has 2 N–H and O–H groups in total. The van der Waals surface area contributed by atoms with Gasteiger partial charge in [-0.25, -0.2) is 4.98 Å². The molecule has 4 heteroatoms. The minimum absolute atomic E-state index is 0.418. The van der Waals surface area contributed by atoms with Gasteiger partial charge in [-0.2, -0.15) is 0 Å². The first-order valence-electron chi connectivity index (χ1n) is 3.75. The van der Waals surface area contributed by atoms with Gasteiger partial charge in [-0.1, -0.05) is 11.6 Å². The van der Waals surface area contributed by atoms with Crippen molar-refractivity contribution in [1.29, 1.82) is 0 Å². The minimum atomic E-state index is 0.418. The Bertz CT molecular complexity index is 265. The SMILES string of the molecule is CCOc1cc(CN)cc(Cl)n1. The Labute approximate surface area is 76.5 Å². The van der Waals surface area contributed by atoms with E-state index >= 15 is 0 Å². The fourth-order valence-electron chi connectivity index (χ4n) is 0.863. The molecule has 0 radical (unpaired) electrons. The summed E-state index contributed by atoms with van der Waals surface area (Å²) in [5.41, 5.74) is 6.37. The van der Waals surface area contributed by atoms with E-state index in [2.05, 4.69) is 4.98 Å². The predicted molar refractivity (Wildman–Crippen MR) is 48.3 cm³/mol. The lowest BCUT2D eigenvalue weighted by Gasteiger charge is -2.03. The zero-order chi connectivity index (χ0) is 8.97. The first kappa shape index (κ1) is 9.29. The van der Waals surface area contributed by atoms with Crippen molar-refractivity contribution in [1.82, 2.24) is 4.98 Å². The van der Waals surface area contributed by atoms with Gasteiger partial charge in [0, 0.05) is 12.6 Å². The second kappa shape index (κ2) is 4.28. The maximum atomic E-state index is 5.72. The van der Waals surface area contributed by atoms with Crippen LogP contribution >= 0.6 is 11.6 Å². The number of rotatable bonds is 3. The van der Waals surface area contributed by atoms with Gasteiger partial charge >= 0.3 is 0 Å².